The summed E-state index contributed by atoms with van der Waals surface area (Å²) in [5, 5.41) is 6.36. The molecule has 0 bridgehead atoms. The average molecular weight is 512 g/mol. The van der Waals surface area contributed by atoms with E-state index < -0.39 is 6.04 Å². The molecule has 0 aromatic heterocycles. The summed E-state index contributed by atoms with van der Waals surface area (Å²) in [6, 6.07) is 14.6. The lowest BCUT2D eigenvalue weighted by Crippen LogP contribution is -2.60. The standard InChI is InChI=1S/C27H34ClN5O3/c1-19(2)20-6-8-22(9-7-20)30-25(34)17-24-27(36)29-10-11-33(24)26(35)18-31-12-14-32(15-13-31)23-5-3-4-21(28)16-23/h3-9,16,19,24H,10-15,17-18H2,1-2H3,(H,29,36)(H,30,34)/t24-/m1/s1. The highest BCUT2D eigenvalue weighted by Gasteiger charge is 2.35. The van der Waals surface area contributed by atoms with Crippen molar-refractivity contribution >= 4 is 40.7 Å². The first-order valence-electron chi connectivity index (χ1n) is 12.5. The van der Waals surface area contributed by atoms with Gasteiger partial charge in [0, 0.05) is 55.7 Å². The summed E-state index contributed by atoms with van der Waals surface area (Å²) in [6.45, 7) is 8.28. The summed E-state index contributed by atoms with van der Waals surface area (Å²) in [7, 11) is 0. The summed E-state index contributed by atoms with van der Waals surface area (Å²) in [5.74, 6) is -0.298. The van der Waals surface area contributed by atoms with Gasteiger partial charge >= 0.3 is 0 Å². The van der Waals surface area contributed by atoms with E-state index in [4.69, 9.17) is 11.6 Å². The van der Waals surface area contributed by atoms with Crippen molar-refractivity contribution in [2.24, 2.45) is 0 Å². The van der Waals surface area contributed by atoms with Gasteiger partial charge in [-0.2, -0.15) is 0 Å². The molecule has 2 saturated heterocycles. The maximum atomic E-state index is 13.2. The molecule has 2 aromatic carbocycles. The Kier molecular flexibility index (Phi) is 8.48. The number of halogens is 1. The van der Waals surface area contributed by atoms with Crippen LogP contribution in [0, 0.1) is 0 Å². The highest BCUT2D eigenvalue weighted by Crippen LogP contribution is 2.21. The maximum absolute atomic E-state index is 13.2. The van der Waals surface area contributed by atoms with Crippen LogP contribution >= 0.6 is 11.6 Å². The number of anilines is 2. The van der Waals surface area contributed by atoms with Gasteiger partial charge in [-0.05, 0) is 41.8 Å². The number of piperazine rings is 2. The number of hydrogen-bond acceptors (Lipinski definition) is 5. The van der Waals surface area contributed by atoms with Crippen LogP contribution in [0.5, 0.6) is 0 Å². The third-order valence-corrected chi connectivity index (χ3v) is 7.03. The molecule has 1 atom stereocenters. The van der Waals surface area contributed by atoms with Crippen molar-refractivity contribution < 1.29 is 14.4 Å². The smallest absolute Gasteiger partial charge is 0.243 e. The number of benzene rings is 2. The van der Waals surface area contributed by atoms with Gasteiger partial charge in [0.2, 0.25) is 17.7 Å². The number of rotatable bonds is 7. The minimum atomic E-state index is -0.811. The Hall–Kier alpha value is -3.10. The second-order valence-corrected chi connectivity index (χ2v) is 10.1. The molecule has 2 N–H and O–H groups in total. The van der Waals surface area contributed by atoms with Crippen molar-refractivity contribution in [2.75, 3.05) is 56.0 Å². The quantitative estimate of drug-likeness (QED) is 0.597. The molecule has 2 aliphatic rings. The minimum absolute atomic E-state index is 0.0773. The molecule has 2 fully saturated rings. The fourth-order valence-electron chi connectivity index (χ4n) is 4.67. The topological polar surface area (TPSA) is 85.0 Å². The Bertz CT molecular complexity index is 1080. The molecule has 0 radical (unpaired) electrons. The van der Waals surface area contributed by atoms with Crippen molar-refractivity contribution in [3.8, 4) is 0 Å². The zero-order chi connectivity index (χ0) is 25.7. The highest BCUT2D eigenvalue weighted by molar-refractivity contribution is 6.30. The van der Waals surface area contributed by atoms with E-state index in [1.54, 1.807) is 4.90 Å². The first-order chi connectivity index (χ1) is 17.3. The SMILES string of the molecule is CC(C)c1ccc(NC(=O)C[C@@H]2C(=O)NCCN2C(=O)CN2CCN(c3cccc(Cl)c3)CC2)cc1. The van der Waals surface area contributed by atoms with Crippen LogP contribution in [-0.4, -0.2) is 79.4 Å². The van der Waals surface area contributed by atoms with Gasteiger partial charge in [0.05, 0.1) is 13.0 Å². The van der Waals surface area contributed by atoms with Gasteiger partial charge in [-0.3, -0.25) is 19.3 Å². The molecule has 4 rings (SSSR count). The molecule has 9 heteroatoms. The van der Waals surface area contributed by atoms with Crippen LogP contribution in [0.3, 0.4) is 0 Å². The van der Waals surface area contributed by atoms with E-state index in [2.05, 4.69) is 34.3 Å². The summed E-state index contributed by atoms with van der Waals surface area (Å²) >= 11 is 6.12. The van der Waals surface area contributed by atoms with Crippen molar-refractivity contribution in [1.29, 1.82) is 0 Å². The van der Waals surface area contributed by atoms with Gasteiger partial charge < -0.3 is 20.4 Å². The summed E-state index contributed by atoms with van der Waals surface area (Å²) in [4.78, 5) is 44.5. The second-order valence-electron chi connectivity index (χ2n) is 9.67. The van der Waals surface area contributed by atoms with E-state index in [1.807, 2.05) is 48.5 Å². The van der Waals surface area contributed by atoms with E-state index >= 15 is 0 Å². The molecule has 0 aliphatic carbocycles. The zero-order valence-corrected chi connectivity index (χ0v) is 21.6. The third kappa shape index (κ3) is 6.56. The zero-order valence-electron chi connectivity index (χ0n) is 20.9. The van der Waals surface area contributed by atoms with E-state index in [-0.39, 0.29) is 30.7 Å². The Labute approximate surface area is 217 Å². The highest BCUT2D eigenvalue weighted by atomic mass is 35.5. The maximum Gasteiger partial charge on any atom is 0.243 e. The molecular formula is C27H34ClN5O3. The number of amides is 3. The number of carbonyl (C=O) groups excluding carboxylic acids is 3. The molecule has 2 aliphatic heterocycles. The molecule has 2 heterocycles. The molecule has 0 saturated carbocycles. The van der Waals surface area contributed by atoms with Gasteiger partial charge in [0.25, 0.3) is 0 Å². The normalized spacial score (nSPS) is 18.8. The molecule has 3 amide bonds. The van der Waals surface area contributed by atoms with Crippen LogP contribution in [0.15, 0.2) is 48.5 Å². The lowest BCUT2D eigenvalue weighted by Gasteiger charge is -2.39. The number of nitrogens with one attached hydrogen (secondary N) is 2. The Morgan fingerprint density at radius 1 is 1.06 bits per heavy atom. The van der Waals surface area contributed by atoms with Crippen molar-refractivity contribution in [2.45, 2.75) is 32.2 Å². The van der Waals surface area contributed by atoms with Crippen LogP contribution in [0.25, 0.3) is 0 Å². The van der Waals surface area contributed by atoms with Gasteiger partial charge in [-0.25, -0.2) is 0 Å². The lowest BCUT2D eigenvalue weighted by molar-refractivity contribution is -0.145. The van der Waals surface area contributed by atoms with Crippen LogP contribution in [0.4, 0.5) is 11.4 Å². The van der Waals surface area contributed by atoms with Crippen LogP contribution in [0.2, 0.25) is 5.02 Å². The molecule has 192 valence electrons. The second kappa shape index (κ2) is 11.8. The summed E-state index contributed by atoms with van der Waals surface area (Å²) in [5.41, 5.74) is 2.94. The Morgan fingerprint density at radius 2 is 1.78 bits per heavy atom. The molecular weight excluding hydrogens is 478 g/mol. The van der Waals surface area contributed by atoms with E-state index in [1.165, 1.54) is 5.56 Å². The molecule has 8 nitrogen and oxygen atoms in total. The molecule has 0 spiro atoms. The van der Waals surface area contributed by atoms with Gasteiger partial charge in [0.15, 0.2) is 0 Å². The van der Waals surface area contributed by atoms with Gasteiger partial charge in [-0.15, -0.1) is 0 Å². The Balaban J connectivity index is 1.31. The van der Waals surface area contributed by atoms with Crippen molar-refractivity contribution in [1.82, 2.24) is 15.1 Å². The molecule has 36 heavy (non-hydrogen) atoms. The van der Waals surface area contributed by atoms with E-state index in [0.717, 1.165) is 31.9 Å². The van der Waals surface area contributed by atoms with Crippen LogP contribution in [-0.2, 0) is 14.4 Å². The van der Waals surface area contributed by atoms with Crippen molar-refractivity contribution in [3.05, 3.63) is 59.1 Å². The predicted octanol–water partition coefficient (Wildman–Crippen LogP) is 2.94. The molecule has 0 unspecified atom stereocenters. The predicted molar refractivity (Wildman–Crippen MR) is 142 cm³/mol. The largest absolute Gasteiger partial charge is 0.369 e. The first kappa shape index (κ1) is 26.0. The fourth-order valence-corrected chi connectivity index (χ4v) is 4.86. The fraction of sp³-hybridized carbons (Fsp3) is 0.444. The first-order valence-corrected chi connectivity index (χ1v) is 12.9. The van der Waals surface area contributed by atoms with Crippen molar-refractivity contribution in [3.63, 3.8) is 0 Å². The van der Waals surface area contributed by atoms with E-state index in [0.29, 0.717) is 29.7 Å². The third-order valence-electron chi connectivity index (χ3n) is 6.80. The summed E-state index contributed by atoms with van der Waals surface area (Å²) < 4.78 is 0. The molecule has 2 aromatic rings. The number of carbonyl (C=O) groups is 3. The van der Waals surface area contributed by atoms with Gasteiger partial charge in [-0.1, -0.05) is 43.6 Å². The number of hydrogen-bond donors (Lipinski definition) is 2. The monoisotopic (exact) mass is 511 g/mol. The summed E-state index contributed by atoms with van der Waals surface area (Å²) in [6.07, 6.45) is -0.0773. The minimum Gasteiger partial charge on any atom is -0.369 e. The van der Waals surface area contributed by atoms with Gasteiger partial charge in [0.1, 0.15) is 6.04 Å². The average Bonchev–Trinajstić information content (AvgIpc) is 2.86. The Morgan fingerprint density at radius 3 is 2.44 bits per heavy atom. The van der Waals surface area contributed by atoms with E-state index in [9.17, 15) is 14.4 Å². The number of nitrogens with zero attached hydrogens (tertiary/aromatic N) is 3. The van der Waals surface area contributed by atoms with Crippen LogP contribution < -0.4 is 15.5 Å². The van der Waals surface area contributed by atoms with Crippen LogP contribution in [0.1, 0.15) is 31.7 Å². The lowest BCUT2D eigenvalue weighted by atomic mass is 10.0.